The van der Waals surface area contributed by atoms with Crippen LogP contribution in [-0.2, 0) is 4.79 Å². The van der Waals surface area contributed by atoms with Gasteiger partial charge in [0.25, 0.3) is 11.6 Å². The summed E-state index contributed by atoms with van der Waals surface area (Å²) in [7, 11) is 0. The number of carbonyl (C=O) groups excluding carboxylic acids is 2. The van der Waals surface area contributed by atoms with Crippen LogP contribution in [0.3, 0.4) is 0 Å². The number of nitrogens with one attached hydrogen (secondary N) is 2. The number of benzene rings is 1. The lowest BCUT2D eigenvalue weighted by atomic mass is 10.0. The Morgan fingerprint density at radius 2 is 1.93 bits per heavy atom. The maximum atomic E-state index is 12.6. The highest BCUT2D eigenvalue weighted by Crippen LogP contribution is 2.24. The molecular weight excluding hydrogens is 376 g/mol. The van der Waals surface area contributed by atoms with Crippen LogP contribution in [0.25, 0.3) is 0 Å². The van der Waals surface area contributed by atoms with E-state index in [4.69, 9.17) is 4.42 Å². The van der Waals surface area contributed by atoms with E-state index in [1.807, 2.05) is 11.8 Å². The van der Waals surface area contributed by atoms with Gasteiger partial charge in [-0.2, -0.15) is 0 Å². The Morgan fingerprint density at radius 3 is 2.55 bits per heavy atom. The van der Waals surface area contributed by atoms with Crippen molar-refractivity contribution in [3.63, 3.8) is 0 Å². The van der Waals surface area contributed by atoms with Crippen LogP contribution in [0.5, 0.6) is 0 Å². The first kappa shape index (κ1) is 20.5. The number of hydrogen-bond acceptors (Lipinski definition) is 6. The molecule has 2 amide bonds. The number of hydrogen-bond donors (Lipinski definition) is 2. The van der Waals surface area contributed by atoms with Crippen LogP contribution < -0.4 is 10.6 Å². The molecule has 1 atom stereocenters. The van der Waals surface area contributed by atoms with Crippen molar-refractivity contribution in [3.8, 4) is 0 Å². The predicted octanol–water partition coefficient (Wildman–Crippen LogP) is 2.72. The van der Waals surface area contributed by atoms with E-state index < -0.39 is 11.0 Å². The van der Waals surface area contributed by atoms with Crippen LogP contribution in [-0.4, -0.2) is 46.8 Å². The van der Waals surface area contributed by atoms with Gasteiger partial charge >= 0.3 is 0 Å². The molecule has 0 spiro atoms. The Balaban J connectivity index is 1.53. The summed E-state index contributed by atoms with van der Waals surface area (Å²) in [6.45, 7) is 4.86. The monoisotopic (exact) mass is 400 g/mol. The number of nitrogens with zero attached hydrogens (tertiary/aromatic N) is 2. The van der Waals surface area contributed by atoms with Crippen molar-refractivity contribution in [1.82, 2.24) is 10.2 Å². The number of rotatable bonds is 6. The molecule has 0 aliphatic carbocycles. The molecule has 1 fully saturated rings. The summed E-state index contributed by atoms with van der Waals surface area (Å²) >= 11 is 0. The molecule has 1 unspecified atom stereocenters. The number of amides is 2. The van der Waals surface area contributed by atoms with E-state index in [-0.39, 0.29) is 29.2 Å². The van der Waals surface area contributed by atoms with E-state index in [0.717, 1.165) is 5.56 Å². The second-order valence-electron chi connectivity index (χ2n) is 7.16. The fourth-order valence-corrected chi connectivity index (χ4v) is 3.43. The van der Waals surface area contributed by atoms with E-state index in [9.17, 15) is 19.7 Å². The highest BCUT2D eigenvalue weighted by atomic mass is 16.6. The third-order valence-electron chi connectivity index (χ3n) is 5.22. The lowest BCUT2D eigenvalue weighted by molar-refractivity contribution is -0.383. The van der Waals surface area contributed by atoms with Gasteiger partial charge in [-0.25, -0.2) is 0 Å². The summed E-state index contributed by atoms with van der Waals surface area (Å²) in [5, 5.41) is 16.7. The fourth-order valence-electron chi connectivity index (χ4n) is 3.43. The van der Waals surface area contributed by atoms with Gasteiger partial charge in [-0.05, 0) is 38.8 Å². The van der Waals surface area contributed by atoms with Crippen molar-refractivity contribution >= 4 is 23.2 Å². The highest BCUT2D eigenvalue weighted by Gasteiger charge is 2.29. The molecule has 1 saturated heterocycles. The maximum absolute atomic E-state index is 12.6. The molecule has 9 heteroatoms. The molecule has 1 aliphatic heterocycles. The Labute approximate surface area is 168 Å². The van der Waals surface area contributed by atoms with Crippen LogP contribution >= 0.6 is 0 Å². The minimum atomic E-state index is -0.519. The normalized spacial score (nSPS) is 16.2. The molecular formula is C20H24N4O5. The minimum absolute atomic E-state index is 0.00808. The van der Waals surface area contributed by atoms with E-state index >= 15 is 0 Å². The van der Waals surface area contributed by atoms with Crippen molar-refractivity contribution in [3.05, 3.63) is 58.0 Å². The van der Waals surface area contributed by atoms with Crippen molar-refractivity contribution < 1.29 is 18.9 Å². The van der Waals surface area contributed by atoms with E-state index in [1.54, 1.807) is 25.1 Å². The molecule has 1 aromatic carbocycles. The molecule has 2 aromatic rings. The molecule has 9 nitrogen and oxygen atoms in total. The summed E-state index contributed by atoms with van der Waals surface area (Å²) in [5.74, 6) is -0.203. The number of para-hydroxylation sites is 2. The second kappa shape index (κ2) is 8.87. The van der Waals surface area contributed by atoms with Crippen LogP contribution in [0, 0.1) is 17.0 Å². The quantitative estimate of drug-likeness (QED) is 0.569. The number of likely N-dealkylation sites (tertiary alicyclic amines) is 1. The SMILES string of the molecule is Cc1ccoc1C(=O)NC1CCN(C(C)C(=O)Nc2ccccc2[N+](=O)[O-])CC1. The molecule has 1 aliphatic rings. The van der Waals surface area contributed by atoms with Crippen molar-refractivity contribution in [2.45, 2.75) is 38.8 Å². The number of furan rings is 1. The summed E-state index contributed by atoms with van der Waals surface area (Å²) < 4.78 is 5.22. The van der Waals surface area contributed by atoms with Crippen LogP contribution in [0.2, 0.25) is 0 Å². The smallest absolute Gasteiger partial charge is 0.292 e. The summed E-state index contributed by atoms with van der Waals surface area (Å²) in [4.78, 5) is 37.4. The summed E-state index contributed by atoms with van der Waals surface area (Å²) in [6, 6.07) is 7.38. The van der Waals surface area contributed by atoms with Crippen LogP contribution in [0.15, 0.2) is 41.0 Å². The van der Waals surface area contributed by atoms with Gasteiger partial charge in [0.2, 0.25) is 5.91 Å². The van der Waals surface area contributed by atoms with E-state index in [2.05, 4.69) is 10.6 Å². The number of piperidine rings is 1. The van der Waals surface area contributed by atoms with Crippen LogP contribution in [0.1, 0.15) is 35.9 Å². The number of carbonyl (C=O) groups is 2. The molecule has 3 rings (SSSR count). The Kier molecular flexibility index (Phi) is 6.28. The van der Waals surface area contributed by atoms with Crippen LogP contribution in [0.4, 0.5) is 11.4 Å². The van der Waals surface area contributed by atoms with Crippen molar-refractivity contribution in [1.29, 1.82) is 0 Å². The molecule has 0 saturated carbocycles. The zero-order valence-electron chi connectivity index (χ0n) is 16.4. The van der Waals surface area contributed by atoms with Gasteiger partial charge < -0.3 is 15.1 Å². The van der Waals surface area contributed by atoms with Gasteiger partial charge in [-0.15, -0.1) is 0 Å². The number of nitro benzene ring substituents is 1. The van der Waals surface area contributed by atoms with Gasteiger partial charge in [0.1, 0.15) is 5.69 Å². The first-order chi connectivity index (χ1) is 13.9. The van der Waals surface area contributed by atoms with E-state index in [1.165, 1.54) is 18.4 Å². The van der Waals surface area contributed by atoms with Gasteiger partial charge in [-0.1, -0.05) is 12.1 Å². The Morgan fingerprint density at radius 1 is 1.24 bits per heavy atom. The second-order valence-corrected chi connectivity index (χ2v) is 7.16. The topological polar surface area (TPSA) is 118 Å². The van der Waals surface area contributed by atoms with Gasteiger partial charge in [0.15, 0.2) is 5.76 Å². The first-order valence-corrected chi connectivity index (χ1v) is 9.50. The maximum Gasteiger partial charge on any atom is 0.292 e. The average Bonchev–Trinajstić information content (AvgIpc) is 3.14. The third kappa shape index (κ3) is 4.80. The average molecular weight is 400 g/mol. The molecule has 29 heavy (non-hydrogen) atoms. The fraction of sp³-hybridized carbons (Fsp3) is 0.400. The lowest BCUT2D eigenvalue weighted by Gasteiger charge is -2.35. The van der Waals surface area contributed by atoms with Gasteiger partial charge in [0, 0.05) is 30.8 Å². The van der Waals surface area contributed by atoms with Crippen molar-refractivity contribution in [2.75, 3.05) is 18.4 Å². The first-order valence-electron chi connectivity index (χ1n) is 9.50. The molecule has 1 aromatic heterocycles. The molecule has 2 heterocycles. The number of nitro groups is 1. The lowest BCUT2D eigenvalue weighted by Crippen LogP contribution is -2.50. The van der Waals surface area contributed by atoms with E-state index in [0.29, 0.717) is 31.7 Å². The van der Waals surface area contributed by atoms with Gasteiger partial charge in [0.05, 0.1) is 17.2 Å². The Bertz CT molecular complexity index is 902. The molecule has 0 bridgehead atoms. The van der Waals surface area contributed by atoms with Gasteiger partial charge in [-0.3, -0.25) is 24.6 Å². The zero-order valence-corrected chi connectivity index (χ0v) is 16.4. The third-order valence-corrected chi connectivity index (χ3v) is 5.22. The molecule has 2 N–H and O–H groups in total. The largest absolute Gasteiger partial charge is 0.459 e. The molecule has 154 valence electrons. The predicted molar refractivity (Wildman–Crippen MR) is 107 cm³/mol. The standard InChI is InChI=1S/C20H24N4O5/c1-13-9-12-29-18(13)20(26)21-15-7-10-23(11-8-15)14(2)19(25)22-16-5-3-4-6-17(16)24(27)28/h3-6,9,12,14-15H,7-8,10-11H2,1-2H3,(H,21,26)(H,22,25). The van der Waals surface area contributed by atoms with Crippen molar-refractivity contribution in [2.24, 2.45) is 0 Å². The minimum Gasteiger partial charge on any atom is -0.459 e. The molecule has 0 radical (unpaired) electrons. The highest BCUT2D eigenvalue weighted by molar-refractivity contribution is 5.96. The number of aryl methyl sites for hydroxylation is 1. The summed E-state index contributed by atoms with van der Waals surface area (Å²) in [5.41, 5.74) is 0.841. The Hall–Kier alpha value is -3.20. The zero-order chi connectivity index (χ0) is 21.0. The summed E-state index contributed by atoms with van der Waals surface area (Å²) in [6.07, 6.45) is 2.90. The number of anilines is 1.